The standard InChI is InChI=1S/C19H20N2O2/c1-12(2)19(23)14-5-8-17-15(9-14)10-18(22)21(17)11-13-3-6-16(20)7-4-13/h3-9,12H,10-11,20H2,1-2H3. The van der Waals surface area contributed by atoms with Crippen LogP contribution in [0, 0.1) is 5.92 Å². The Labute approximate surface area is 135 Å². The predicted molar refractivity (Wildman–Crippen MR) is 91.4 cm³/mol. The fraction of sp³-hybridized carbons (Fsp3) is 0.263. The number of Topliss-reactive ketones (excluding diaryl/α,β-unsaturated/α-hetero) is 1. The Hall–Kier alpha value is -2.62. The third-order valence-electron chi connectivity index (χ3n) is 4.14. The summed E-state index contributed by atoms with van der Waals surface area (Å²) in [5.74, 6) is 0.124. The molecule has 0 aromatic heterocycles. The second-order valence-electron chi connectivity index (χ2n) is 6.26. The minimum Gasteiger partial charge on any atom is -0.399 e. The zero-order valence-electron chi connectivity index (χ0n) is 13.4. The number of carbonyl (C=O) groups excluding carboxylic acids is 2. The van der Waals surface area contributed by atoms with E-state index in [-0.39, 0.29) is 17.6 Å². The van der Waals surface area contributed by atoms with E-state index >= 15 is 0 Å². The van der Waals surface area contributed by atoms with E-state index in [1.165, 1.54) is 0 Å². The smallest absolute Gasteiger partial charge is 0.231 e. The van der Waals surface area contributed by atoms with E-state index in [1.54, 1.807) is 4.90 Å². The van der Waals surface area contributed by atoms with Gasteiger partial charge in [0.15, 0.2) is 5.78 Å². The molecule has 1 heterocycles. The van der Waals surface area contributed by atoms with Crippen LogP contribution in [0.5, 0.6) is 0 Å². The summed E-state index contributed by atoms with van der Waals surface area (Å²) in [5.41, 5.74) is 9.94. The van der Waals surface area contributed by atoms with Crippen LogP contribution in [-0.4, -0.2) is 11.7 Å². The fourth-order valence-electron chi connectivity index (χ4n) is 2.85. The van der Waals surface area contributed by atoms with E-state index in [4.69, 9.17) is 5.73 Å². The molecular formula is C19H20N2O2. The van der Waals surface area contributed by atoms with E-state index in [2.05, 4.69) is 0 Å². The van der Waals surface area contributed by atoms with Gasteiger partial charge in [0.2, 0.25) is 5.91 Å². The summed E-state index contributed by atoms with van der Waals surface area (Å²) in [4.78, 5) is 26.2. The maximum Gasteiger partial charge on any atom is 0.231 e. The molecule has 0 atom stereocenters. The van der Waals surface area contributed by atoms with Crippen molar-refractivity contribution in [3.8, 4) is 0 Å². The zero-order chi connectivity index (χ0) is 16.6. The first-order valence-corrected chi connectivity index (χ1v) is 7.77. The quantitative estimate of drug-likeness (QED) is 0.697. The summed E-state index contributed by atoms with van der Waals surface area (Å²) in [6.45, 7) is 4.28. The molecule has 118 valence electrons. The topological polar surface area (TPSA) is 63.4 Å². The highest BCUT2D eigenvalue weighted by Gasteiger charge is 2.28. The molecule has 1 aliphatic rings. The second kappa shape index (κ2) is 5.88. The van der Waals surface area contributed by atoms with Crippen molar-refractivity contribution in [2.75, 3.05) is 10.6 Å². The van der Waals surface area contributed by atoms with Crippen molar-refractivity contribution >= 4 is 23.1 Å². The SMILES string of the molecule is CC(C)C(=O)c1ccc2c(c1)CC(=O)N2Cc1ccc(N)cc1. The highest BCUT2D eigenvalue weighted by atomic mass is 16.2. The van der Waals surface area contributed by atoms with Gasteiger partial charge in [-0.3, -0.25) is 9.59 Å². The van der Waals surface area contributed by atoms with Crippen LogP contribution >= 0.6 is 0 Å². The number of nitrogens with zero attached hydrogens (tertiary/aromatic N) is 1. The lowest BCUT2D eigenvalue weighted by Gasteiger charge is -2.18. The van der Waals surface area contributed by atoms with Crippen LogP contribution < -0.4 is 10.6 Å². The number of ketones is 1. The van der Waals surface area contributed by atoms with Gasteiger partial charge in [0.25, 0.3) is 0 Å². The van der Waals surface area contributed by atoms with Crippen molar-refractivity contribution in [3.05, 3.63) is 59.2 Å². The normalized spacial score (nSPS) is 13.5. The van der Waals surface area contributed by atoms with Crippen LogP contribution in [0.4, 0.5) is 11.4 Å². The molecule has 1 amide bonds. The second-order valence-corrected chi connectivity index (χ2v) is 6.26. The largest absolute Gasteiger partial charge is 0.399 e. The number of anilines is 2. The summed E-state index contributed by atoms with van der Waals surface area (Å²) in [6, 6.07) is 13.1. The van der Waals surface area contributed by atoms with E-state index in [1.807, 2.05) is 56.3 Å². The summed E-state index contributed by atoms with van der Waals surface area (Å²) in [7, 11) is 0. The number of hydrogen-bond donors (Lipinski definition) is 1. The molecule has 0 saturated heterocycles. The molecule has 2 aromatic carbocycles. The van der Waals surface area contributed by atoms with Crippen LogP contribution in [0.15, 0.2) is 42.5 Å². The van der Waals surface area contributed by atoms with Crippen molar-refractivity contribution in [2.24, 2.45) is 5.92 Å². The van der Waals surface area contributed by atoms with Gasteiger partial charge in [-0.05, 0) is 41.5 Å². The lowest BCUT2D eigenvalue weighted by atomic mass is 9.98. The number of nitrogen functional groups attached to an aromatic ring is 1. The molecule has 2 N–H and O–H groups in total. The Morgan fingerprint density at radius 2 is 1.87 bits per heavy atom. The monoisotopic (exact) mass is 308 g/mol. The van der Waals surface area contributed by atoms with Gasteiger partial charge in [-0.2, -0.15) is 0 Å². The molecular weight excluding hydrogens is 288 g/mol. The number of rotatable bonds is 4. The molecule has 23 heavy (non-hydrogen) atoms. The van der Waals surface area contributed by atoms with Crippen molar-refractivity contribution in [1.29, 1.82) is 0 Å². The van der Waals surface area contributed by atoms with Gasteiger partial charge in [-0.15, -0.1) is 0 Å². The summed E-state index contributed by atoms with van der Waals surface area (Å²) in [5, 5.41) is 0. The molecule has 0 spiro atoms. The first-order valence-electron chi connectivity index (χ1n) is 7.77. The number of carbonyl (C=O) groups is 2. The fourth-order valence-corrected chi connectivity index (χ4v) is 2.85. The van der Waals surface area contributed by atoms with Crippen molar-refractivity contribution in [2.45, 2.75) is 26.8 Å². The van der Waals surface area contributed by atoms with E-state index in [0.29, 0.717) is 24.2 Å². The van der Waals surface area contributed by atoms with E-state index in [9.17, 15) is 9.59 Å². The first-order chi connectivity index (χ1) is 11.0. The molecule has 3 rings (SSSR count). The Bertz CT molecular complexity index is 763. The van der Waals surface area contributed by atoms with Gasteiger partial charge < -0.3 is 10.6 Å². The van der Waals surface area contributed by atoms with Crippen LogP contribution in [0.25, 0.3) is 0 Å². The molecule has 1 aliphatic heterocycles. The molecule has 0 saturated carbocycles. The molecule has 4 heteroatoms. The molecule has 4 nitrogen and oxygen atoms in total. The Balaban J connectivity index is 1.87. The predicted octanol–water partition coefficient (Wildman–Crippen LogP) is 3.20. The van der Waals surface area contributed by atoms with Gasteiger partial charge in [-0.25, -0.2) is 0 Å². The highest BCUT2D eigenvalue weighted by Crippen LogP contribution is 2.31. The molecule has 0 unspecified atom stereocenters. The van der Waals surface area contributed by atoms with Gasteiger partial charge in [0.05, 0.1) is 13.0 Å². The number of hydrogen-bond acceptors (Lipinski definition) is 3. The maximum absolute atomic E-state index is 12.3. The van der Waals surface area contributed by atoms with Gasteiger partial charge in [-0.1, -0.05) is 26.0 Å². The zero-order valence-corrected chi connectivity index (χ0v) is 13.4. The van der Waals surface area contributed by atoms with E-state index in [0.717, 1.165) is 16.8 Å². The Kier molecular flexibility index (Phi) is 3.90. The average molecular weight is 308 g/mol. The minimum atomic E-state index is -0.0453. The van der Waals surface area contributed by atoms with Crippen molar-refractivity contribution in [3.63, 3.8) is 0 Å². The van der Waals surface area contributed by atoms with Gasteiger partial charge in [0.1, 0.15) is 0 Å². The van der Waals surface area contributed by atoms with Crippen LogP contribution in [0.3, 0.4) is 0 Å². The molecule has 0 bridgehead atoms. The van der Waals surface area contributed by atoms with Gasteiger partial charge in [0, 0.05) is 22.9 Å². The average Bonchev–Trinajstić information content (AvgIpc) is 2.83. The highest BCUT2D eigenvalue weighted by molar-refractivity contribution is 6.04. The molecule has 0 fully saturated rings. The van der Waals surface area contributed by atoms with Crippen LogP contribution in [0.2, 0.25) is 0 Å². The summed E-state index contributed by atoms with van der Waals surface area (Å²) >= 11 is 0. The van der Waals surface area contributed by atoms with Crippen LogP contribution in [-0.2, 0) is 17.8 Å². The third kappa shape index (κ3) is 2.97. The Morgan fingerprint density at radius 1 is 1.17 bits per heavy atom. The Morgan fingerprint density at radius 3 is 2.52 bits per heavy atom. The number of fused-ring (bicyclic) bond motifs is 1. The number of benzene rings is 2. The van der Waals surface area contributed by atoms with E-state index < -0.39 is 0 Å². The van der Waals surface area contributed by atoms with Gasteiger partial charge >= 0.3 is 0 Å². The van der Waals surface area contributed by atoms with Crippen LogP contribution in [0.1, 0.15) is 35.3 Å². The third-order valence-corrected chi connectivity index (χ3v) is 4.14. The molecule has 0 aliphatic carbocycles. The lowest BCUT2D eigenvalue weighted by molar-refractivity contribution is -0.117. The molecule has 2 aromatic rings. The first kappa shape index (κ1) is 15.3. The minimum absolute atomic E-state index is 0.0453. The van der Waals surface area contributed by atoms with Crippen molar-refractivity contribution < 1.29 is 9.59 Å². The lowest BCUT2D eigenvalue weighted by Crippen LogP contribution is -2.25. The van der Waals surface area contributed by atoms with Crippen molar-refractivity contribution in [1.82, 2.24) is 0 Å². The number of amides is 1. The maximum atomic E-state index is 12.3. The summed E-state index contributed by atoms with van der Waals surface area (Å²) in [6.07, 6.45) is 0.351. The number of nitrogens with two attached hydrogens (primary N) is 1. The summed E-state index contributed by atoms with van der Waals surface area (Å²) < 4.78 is 0. The molecule has 0 radical (unpaired) electrons.